The van der Waals surface area contributed by atoms with Crippen molar-refractivity contribution in [3.05, 3.63) is 51.1 Å². The molecule has 156 valence electrons. The number of benzene rings is 1. The Hall–Kier alpha value is -2.85. The Labute approximate surface area is 180 Å². The summed E-state index contributed by atoms with van der Waals surface area (Å²) in [5.41, 5.74) is 1.36. The van der Waals surface area contributed by atoms with Crippen LogP contribution < -0.4 is 22.0 Å². The number of aromatic nitrogens is 2. The molecular weight excluding hydrogens is 422 g/mol. The number of hydrogen-bond donors (Lipinski definition) is 3. The molecule has 0 aliphatic heterocycles. The van der Waals surface area contributed by atoms with Gasteiger partial charge in [-0.1, -0.05) is 36.9 Å². The molecule has 3 amide bonds. The first-order valence-electron chi connectivity index (χ1n) is 9.56. The maximum Gasteiger partial charge on any atom is 0.325 e. The highest BCUT2D eigenvalue weighted by Gasteiger charge is 2.26. The zero-order valence-corrected chi connectivity index (χ0v) is 17.9. The van der Waals surface area contributed by atoms with E-state index in [1.54, 1.807) is 24.3 Å². The van der Waals surface area contributed by atoms with E-state index in [0.717, 1.165) is 41.3 Å². The van der Waals surface area contributed by atoms with Gasteiger partial charge in [0.05, 0.1) is 11.1 Å². The summed E-state index contributed by atoms with van der Waals surface area (Å²) in [6.07, 6.45) is 3.10. The molecule has 0 radical (unpaired) electrons. The SMILES string of the molecule is C[C@H]1CCCc2sc3nc(SCC(=O)NC(=O)Nc4ccccc4)n(N)c(=O)c3c21. The summed E-state index contributed by atoms with van der Waals surface area (Å²) in [4.78, 5) is 43.3. The highest BCUT2D eigenvalue weighted by atomic mass is 32.2. The topological polar surface area (TPSA) is 119 Å². The third kappa shape index (κ3) is 4.05. The van der Waals surface area contributed by atoms with Crippen molar-refractivity contribution >= 4 is 50.9 Å². The molecule has 2 heterocycles. The average molecular weight is 444 g/mol. The minimum atomic E-state index is -0.625. The van der Waals surface area contributed by atoms with Crippen molar-refractivity contribution in [3.8, 4) is 0 Å². The van der Waals surface area contributed by atoms with Gasteiger partial charge in [-0.25, -0.2) is 14.5 Å². The number of urea groups is 1. The predicted molar refractivity (Wildman–Crippen MR) is 120 cm³/mol. The van der Waals surface area contributed by atoms with Crippen molar-refractivity contribution in [3.63, 3.8) is 0 Å². The fourth-order valence-corrected chi connectivity index (χ4v) is 5.70. The van der Waals surface area contributed by atoms with Gasteiger partial charge in [0.2, 0.25) is 5.91 Å². The maximum absolute atomic E-state index is 12.9. The summed E-state index contributed by atoms with van der Waals surface area (Å²) in [7, 11) is 0. The second-order valence-electron chi connectivity index (χ2n) is 7.14. The third-order valence-electron chi connectivity index (χ3n) is 4.99. The van der Waals surface area contributed by atoms with E-state index in [9.17, 15) is 14.4 Å². The van der Waals surface area contributed by atoms with E-state index in [1.165, 1.54) is 16.2 Å². The van der Waals surface area contributed by atoms with E-state index in [2.05, 4.69) is 22.5 Å². The molecule has 0 saturated heterocycles. The van der Waals surface area contributed by atoms with E-state index in [4.69, 9.17) is 5.84 Å². The van der Waals surface area contributed by atoms with Gasteiger partial charge in [-0.05, 0) is 42.9 Å². The molecule has 1 aliphatic rings. The van der Waals surface area contributed by atoms with Gasteiger partial charge in [0.1, 0.15) is 4.83 Å². The van der Waals surface area contributed by atoms with Crippen molar-refractivity contribution in [2.24, 2.45) is 0 Å². The number of fused-ring (bicyclic) bond motifs is 3. The smallest absolute Gasteiger partial charge is 0.325 e. The Morgan fingerprint density at radius 2 is 2.10 bits per heavy atom. The van der Waals surface area contributed by atoms with Crippen molar-refractivity contribution in [2.45, 2.75) is 37.3 Å². The number of carbonyl (C=O) groups is 2. The van der Waals surface area contributed by atoms with Crippen LogP contribution in [0.15, 0.2) is 40.3 Å². The molecule has 1 aromatic carbocycles. The van der Waals surface area contributed by atoms with E-state index in [0.29, 0.717) is 21.8 Å². The number of nitrogen functional groups attached to an aromatic ring is 1. The van der Waals surface area contributed by atoms with Gasteiger partial charge >= 0.3 is 6.03 Å². The van der Waals surface area contributed by atoms with E-state index < -0.39 is 11.9 Å². The molecule has 4 rings (SSSR count). The van der Waals surface area contributed by atoms with Gasteiger partial charge in [0.15, 0.2) is 5.16 Å². The lowest BCUT2D eigenvalue weighted by Crippen LogP contribution is -2.36. The number of thioether (sulfide) groups is 1. The Morgan fingerprint density at radius 1 is 1.33 bits per heavy atom. The highest BCUT2D eigenvalue weighted by molar-refractivity contribution is 7.99. The van der Waals surface area contributed by atoms with Crippen LogP contribution in [0.5, 0.6) is 0 Å². The first-order chi connectivity index (χ1) is 14.4. The molecule has 4 N–H and O–H groups in total. The monoisotopic (exact) mass is 443 g/mol. The zero-order chi connectivity index (χ0) is 21.3. The Morgan fingerprint density at radius 3 is 2.87 bits per heavy atom. The number of thiophene rings is 1. The lowest BCUT2D eigenvalue weighted by atomic mass is 9.88. The van der Waals surface area contributed by atoms with E-state index >= 15 is 0 Å². The number of carbonyl (C=O) groups excluding carboxylic acids is 2. The molecule has 0 saturated carbocycles. The quantitative estimate of drug-likeness (QED) is 0.324. The van der Waals surface area contributed by atoms with Crippen molar-refractivity contribution in [1.29, 1.82) is 0 Å². The number of anilines is 1. The summed E-state index contributed by atoms with van der Waals surface area (Å²) in [5, 5.41) is 5.67. The minimum absolute atomic E-state index is 0.0984. The number of amides is 3. The molecule has 0 bridgehead atoms. The van der Waals surface area contributed by atoms with Gasteiger partial charge in [-0.3, -0.25) is 14.9 Å². The summed E-state index contributed by atoms with van der Waals surface area (Å²) in [6, 6.07) is 8.18. The molecule has 0 spiro atoms. The largest absolute Gasteiger partial charge is 0.334 e. The number of hydrogen-bond acceptors (Lipinski definition) is 7. The Balaban J connectivity index is 1.46. The summed E-state index contributed by atoms with van der Waals surface area (Å²) >= 11 is 2.55. The third-order valence-corrected chi connectivity index (χ3v) is 7.10. The van der Waals surface area contributed by atoms with Gasteiger partial charge in [-0.15, -0.1) is 11.3 Å². The molecule has 8 nitrogen and oxygen atoms in total. The number of nitrogens with one attached hydrogen (secondary N) is 2. The van der Waals surface area contributed by atoms with Crippen LogP contribution in [0, 0.1) is 0 Å². The fraction of sp³-hybridized carbons (Fsp3) is 0.300. The average Bonchev–Trinajstić information content (AvgIpc) is 3.10. The van der Waals surface area contributed by atoms with Crippen molar-refractivity contribution < 1.29 is 9.59 Å². The number of aryl methyl sites for hydroxylation is 1. The van der Waals surface area contributed by atoms with Crippen LogP contribution in [-0.2, 0) is 11.2 Å². The van der Waals surface area contributed by atoms with Crippen LogP contribution in [0.3, 0.4) is 0 Å². The van der Waals surface area contributed by atoms with Crippen LogP contribution in [0.25, 0.3) is 10.2 Å². The summed E-state index contributed by atoms with van der Waals surface area (Å²) < 4.78 is 0.999. The lowest BCUT2D eigenvalue weighted by molar-refractivity contribution is -0.117. The van der Waals surface area contributed by atoms with E-state index in [-0.39, 0.29) is 16.5 Å². The number of rotatable bonds is 4. The molecule has 30 heavy (non-hydrogen) atoms. The first-order valence-corrected chi connectivity index (χ1v) is 11.4. The zero-order valence-electron chi connectivity index (χ0n) is 16.3. The van der Waals surface area contributed by atoms with Crippen LogP contribution in [0.1, 0.15) is 36.1 Å². The van der Waals surface area contributed by atoms with E-state index in [1.807, 2.05) is 6.07 Å². The molecular formula is C20H21N5O3S2. The predicted octanol–water partition coefficient (Wildman–Crippen LogP) is 3.05. The van der Waals surface area contributed by atoms with Crippen molar-refractivity contribution in [1.82, 2.24) is 15.0 Å². The highest BCUT2D eigenvalue weighted by Crippen LogP contribution is 2.40. The molecule has 3 aromatic rings. The normalized spacial score (nSPS) is 15.6. The molecule has 1 atom stereocenters. The summed E-state index contributed by atoms with van der Waals surface area (Å²) in [5.74, 6) is 5.69. The van der Waals surface area contributed by atoms with Gasteiger partial charge in [0, 0.05) is 10.6 Å². The van der Waals surface area contributed by atoms with Crippen LogP contribution in [0.2, 0.25) is 0 Å². The number of nitrogens with zero attached hydrogens (tertiary/aromatic N) is 2. The standard InChI is InChI=1S/C20H21N5O3S2/c1-11-6-5-9-13-15(11)16-17(30-13)24-20(25(21)18(16)27)29-10-14(26)23-19(28)22-12-7-3-2-4-8-12/h2-4,7-8,11H,5-6,9-10,21H2,1H3,(H2,22,23,26,28)/t11-/m0/s1. The number of nitrogens with two attached hydrogens (primary N) is 1. The first kappa shape index (κ1) is 20.4. The Bertz CT molecular complexity index is 1170. The number of para-hydroxylation sites is 1. The second-order valence-corrected chi connectivity index (χ2v) is 9.16. The van der Waals surface area contributed by atoms with Gasteiger partial charge in [0.25, 0.3) is 5.56 Å². The second kappa shape index (κ2) is 8.49. The van der Waals surface area contributed by atoms with Crippen molar-refractivity contribution in [2.75, 3.05) is 16.9 Å². The minimum Gasteiger partial charge on any atom is -0.334 e. The lowest BCUT2D eigenvalue weighted by Gasteiger charge is -2.18. The number of imide groups is 1. The fourth-order valence-electron chi connectivity index (χ4n) is 3.61. The molecule has 1 aliphatic carbocycles. The molecule has 2 aromatic heterocycles. The molecule has 0 unspecified atom stereocenters. The maximum atomic E-state index is 12.9. The summed E-state index contributed by atoms with van der Waals surface area (Å²) in [6.45, 7) is 2.12. The molecule has 10 heteroatoms. The van der Waals surface area contributed by atoms with Gasteiger partial charge < -0.3 is 11.2 Å². The van der Waals surface area contributed by atoms with Crippen LogP contribution >= 0.6 is 23.1 Å². The Kier molecular flexibility index (Phi) is 5.78. The van der Waals surface area contributed by atoms with Crippen LogP contribution in [-0.4, -0.2) is 27.4 Å². The molecule has 0 fully saturated rings. The van der Waals surface area contributed by atoms with Gasteiger partial charge in [-0.2, -0.15) is 0 Å². The van der Waals surface area contributed by atoms with Crippen LogP contribution in [0.4, 0.5) is 10.5 Å².